The van der Waals surface area contributed by atoms with Gasteiger partial charge < -0.3 is 15.5 Å². The number of aromatic nitrogens is 4. The topological polar surface area (TPSA) is 113 Å². The molecule has 30 heavy (non-hydrogen) atoms. The maximum absolute atomic E-state index is 12.8. The monoisotopic (exact) mass is 421 g/mol. The quantitative estimate of drug-likeness (QED) is 0.559. The maximum Gasteiger partial charge on any atom is 0.433 e. The van der Waals surface area contributed by atoms with Gasteiger partial charge in [0.25, 0.3) is 0 Å². The highest BCUT2D eigenvalue weighted by Crippen LogP contribution is 2.29. The largest absolute Gasteiger partial charge is 0.479 e. The van der Waals surface area contributed by atoms with Crippen LogP contribution in [0.2, 0.25) is 0 Å². The highest BCUT2D eigenvalue weighted by Gasteiger charge is 2.32. The SMILES string of the molecule is Cc1cc(Nc2nccc(C(F)(F)F)n2)cc(-c2cnn(C(C)C(O)C(=O)O)c2)c1. The van der Waals surface area contributed by atoms with Gasteiger partial charge in [0.2, 0.25) is 5.95 Å². The van der Waals surface area contributed by atoms with Crippen LogP contribution in [0.5, 0.6) is 0 Å². The Morgan fingerprint density at radius 3 is 2.63 bits per heavy atom. The van der Waals surface area contributed by atoms with Gasteiger partial charge in [-0.15, -0.1) is 0 Å². The van der Waals surface area contributed by atoms with Crippen molar-refractivity contribution in [2.24, 2.45) is 0 Å². The smallest absolute Gasteiger partial charge is 0.433 e. The Morgan fingerprint density at radius 2 is 1.97 bits per heavy atom. The number of aliphatic carboxylic acids is 1. The van der Waals surface area contributed by atoms with Crippen molar-refractivity contribution in [2.75, 3.05) is 5.32 Å². The molecule has 3 rings (SSSR count). The number of carbonyl (C=O) groups is 1. The molecule has 2 heterocycles. The number of aryl methyl sites for hydroxylation is 1. The number of nitrogens with zero attached hydrogens (tertiary/aromatic N) is 4. The van der Waals surface area contributed by atoms with E-state index in [0.29, 0.717) is 16.8 Å². The van der Waals surface area contributed by atoms with Crippen LogP contribution >= 0.6 is 0 Å². The molecule has 0 saturated carbocycles. The number of halogens is 3. The molecule has 0 aliphatic rings. The van der Waals surface area contributed by atoms with Crippen LogP contribution in [0.15, 0.2) is 42.9 Å². The Labute approximate surface area is 169 Å². The van der Waals surface area contributed by atoms with E-state index in [-0.39, 0.29) is 5.95 Å². The highest BCUT2D eigenvalue weighted by molar-refractivity contribution is 5.73. The summed E-state index contributed by atoms with van der Waals surface area (Å²) in [6, 6.07) is 5.22. The van der Waals surface area contributed by atoms with Crippen molar-refractivity contribution in [1.29, 1.82) is 0 Å². The molecule has 0 saturated heterocycles. The Kier molecular flexibility index (Phi) is 5.74. The fourth-order valence-electron chi connectivity index (χ4n) is 2.79. The standard InChI is InChI=1S/C19H18F3N5O3/c1-10-5-12(13-8-24-27(9-13)11(2)16(28)17(29)30)7-14(6-10)25-18-23-4-3-15(26-18)19(20,21)22/h3-9,11,16,28H,1-2H3,(H,29,30)(H,23,25,26). The molecule has 3 aromatic rings. The third-order valence-corrected chi connectivity index (χ3v) is 4.34. The Hall–Kier alpha value is -3.47. The van der Waals surface area contributed by atoms with E-state index in [0.717, 1.165) is 17.8 Å². The van der Waals surface area contributed by atoms with Crippen molar-refractivity contribution < 1.29 is 28.2 Å². The van der Waals surface area contributed by atoms with E-state index in [9.17, 15) is 23.1 Å². The molecular weight excluding hydrogens is 403 g/mol. The highest BCUT2D eigenvalue weighted by atomic mass is 19.4. The number of benzene rings is 1. The molecule has 2 atom stereocenters. The minimum absolute atomic E-state index is 0.199. The van der Waals surface area contributed by atoms with Gasteiger partial charge in [-0.1, -0.05) is 6.07 Å². The lowest BCUT2D eigenvalue weighted by Crippen LogP contribution is -2.29. The van der Waals surface area contributed by atoms with Crippen LogP contribution in [0.4, 0.5) is 24.8 Å². The van der Waals surface area contributed by atoms with Crippen molar-refractivity contribution in [3.8, 4) is 11.1 Å². The van der Waals surface area contributed by atoms with Gasteiger partial charge in [0, 0.05) is 23.6 Å². The molecule has 8 nitrogen and oxygen atoms in total. The summed E-state index contributed by atoms with van der Waals surface area (Å²) in [5, 5.41) is 25.5. The van der Waals surface area contributed by atoms with E-state index in [2.05, 4.69) is 20.4 Å². The first-order valence-electron chi connectivity index (χ1n) is 8.79. The minimum atomic E-state index is -4.58. The second-order valence-electron chi connectivity index (χ2n) is 6.71. The molecule has 0 radical (unpaired) electrons. The van der Waals surface area contributed by atoms with Crippen LogP contribution in [-0.2, 0) is 11.0 Å². The fraction of sp³-hybridized carbons (Fsp3) is 0.263. The zero-order valence-electron chi connectivity index (χ0n) is 15.9. The van der Waals surface area contributed by atoms with E-state index in [1.165, 1.54) is 17.8 Å². The normalized spacial score (nSPS) is 13.7. The molecular formula is C19H18F3N5O3. The predicted octanol–water partition coefficient (Wildman–Crippen LogP) is 3.42. The van der Waals surface area contributed by atoms with Crippen molar-refractivity contribution in [3.63, 3.8) is 0 Å². The number of aliphatic hydroxyl groups is 1. The summed E-state index contributed by atoms with van der Waals surface area (Å²) >= 11 is 0. The molecule has 3 N–H and O–H groups in total. The van der Waals surface area contributed by atoms with Gasteiger partial charge >= 0.3 is 12.1 Å². The molecule has 0 aliphatic carbocycles. The fourth-order valence-corrected chi connectivity index (χ4v) is 2.79. The first-order chi connectivity index (χ1) is 14.0. The molecule has 0 fully saturated rings. The summed E-state index contributed by atoms with van der Waals surface area (Å²) in [5.74, 6) is -1.56. The third kappa shape index (κ3) is 4.74. The van der Waals surface area contributed by atoms with Crippen LogP contribution < -0.4 is 5.32 Å². The van der Waals surface area contributed by atoms with Gasteiger partial charge in [-0.2, -0.15) is 18.3 Å². The van der Waals surface area contributed by atoms with Crippen LogP contribution in [0.1, 0.15) is 24.2 Å². The summed E-state index contributed by atoms with van der Waals surface area (Å²) in [6.45, 7) is 3.33. The van der Waals surface area contributed by atoms with Gasteiger partial charge in [-0.3, -0.25) is 4.68 Å². The van der Waals surface area contributed by atoms with Gasteiger partial charge in [0.15, 0.2) is 6.10 Å². The molecule has 2 aromatic heterocycles. The lowest BCUT2D eigenvalue weighted by molar-refractivity contribution is -0.149. The number of carboxylic acids is 1. The molecule has 0 amide bonds. The van der Waals surface area contributed by atoms with E-state index >= 15 is 0 Å². The summed E-state index contributed by atoms with van der Waals surface area (Å²) in [6.07, 6.45) is -2.09. The number of aliphatic hydroxyl groups excluding tert-OH is 1. The second-order valence-corrected chi connectivity index (χ2v) is 6.71. The number of alkyl halides is 3. The van der Waals surface area contributed by atoms with Crippen LogP contribution in [-0.4, -0.2) is 42.0 Å². The van der Waals surface area contributed by atoms with Crippen molar-refractivity contribution >= 4 is 17.6 Å². The summed E-state index contributed by atoms with van der Waals surface area (Å²) in [7, 11) is 0. The number of anilines is 2. The predicted molar refractivity (Wildman–Crippen MR) is 101 cm³/mol. The van der Waals surface area contributed by atoms with E-state index in [1.54, 1.807) is 18.3 Å². The molecule has 0 bridgehead atoms. The average molecular weight is 421 g/mol. The summed E-state index contributed by atoms with van der Waals surface area (Å²) < 4.78 is 39.9. The maximum atomic E-state index is 12.8. The van der Waals surface area contributed by atoms with Crippen LogP contribution in [0.25, 0.3) is 11.1 Å². The number of rotatable bonds is 6. The summed E-state index contributed by atoms with van der Waals surface area (Å²) in [5.41, 5.74) is 1.55. The summed E-state index contributed by atoms with van der Waals surface area (Å²) in [4.78, 5) is 18.3. The Balaban J connectivity index is 1.87. The third-order valence-electron chi connectivity index (χ3n) is 4.34. The Bertz CT molecular complexity index is 1070. The zero-order chi connectivity index (χ0) is 22.1. The average Bonchev–Trinajstić information content (AvgIpc) is 3.16. The van der Waals surface area contributed by atoms with E-state index < -0.39 is 30.0 Å². The number of hydrogen-bond acceptors (Lipinski definition) is 6. The van der Waals surface area contributed by atoms with Gasteiger partial charge in [-0.25, -0.2) is 14.8 Å². The van der Waals surface area contributed by atoms with Gasteiger partial charge in [-0.05, 0) is 43.2 Å². The van der Waals surface area contributed by atoms with Crippen LogP contribution in [0.3, 0.4) is 0 Å². The first kappa shape index (κ1) is 21.2. The molecule has 2 unspecified atom stereocenters. The number of hydrogen-bond donors (Lipinski definition) is 3. The van der Waals surface area contributed by atoms with E-state index in [1.807, 2.05) is 13.0 Å². The van der Waals surface area contributed by atoms with Crippen molar-refractivity contribution in [3.05, 3.63) is 54.1 Å². The first-order valence-corrected chi connectivity index (χ1v) is 8.79. The van der Waals surface area contributed by atoms with Crippen LogP contribution in [0, 0.1) is 6.92 Å². The molecule has 0 aliphatic heterocycles. The molecule has 1 aromatic carbocycles. The Morgan fingerprint density at radius 1 is 1.23 bits per heavy atom. The second kappa shape index (κ2) is 8.11. The minimum Gasteiger partial charge on any atom is -0.479 e. The van der Waals surface area contributed by atoms with Crippen molar-refractivity contribution in [1.82, 2.24) is 19.7 Å². The number of carboxylic acid groups (broad SMARTS) is 1. The zero-order valence-corrected chi connectivity index (χ0v) is 15.9. The lowest BCUT2D eigenvalue weighted by atomic mass is 10.1. The van der Waals surface area contributed by atoms with Crippen molar-refractivity contribution in [2.45, 2.75) is 32.2 Å². The van der Waals surface area contributed by atoms with Gasteiger partial charge in [0.05, 0.1) is 12.2 Å². The number of nitrogens with one attached hydrogen (secondary N) is 1. The van der Waals surface area contributed by atoms with Gasteiger partial charge in [0.1, 0.15) is 5.69 Å². The lowest BCUT2D eigenvalue weighted by Gasteiger charge is -2.15. The molecule has 158 valence electrons. The molecule has 0 spiro atoms. The molecule has 11 heteroatoms. The van der Waals surface area contributed by atoms with E-state index in [4.69, 9.17) is 5.11 Å².